The van der Waals surface area contributed by atoms with Crippen LogP contribution in [0.25, 0.3) is 21.3 Å². The molecular weight excluding hydrogens is 521 g/mol. The Balaban J connectivity index is 1.71. The standard InChI is InChI=1S/C24H22IN3O2S/c1-13-5-6-17(9-14(13)2)21-16(4)31-23-22(21)24(30)28(12-26-23)11-20(29)27-19-8-7-18(25)10-15(19)3/h5-10,12H,11H2,1-4H3,(H,27,29). The third-order valence-corrected chi connectivity index (χ3v) is 7.11. The number of carbonyl (C=O) groups is 1. The van der Waals surface area contributed by atoms with Gasteiger partial charge in [0, 0.05) is 19.7 Å². The molecule has 4 aromatic rings. The molecule has 0 atom stereocenters. The van der Waals surface area contributed by atoms with Gasteiger partial charge >= 0.3 is 0 Å². The summed E-state index contributed by atoms with van der Waals surface area (Å²) >= 11 is 3.74. The van der Waals surface area contributed by atoms with Crippen LogP contribution in [-0.4, -0.2) is 15.5 Å². The monoisotopic (exact) mass is 543 g/mol. The van der Waals surface area contributed by atoms with E-state index in [0.717, 1.165) is 30.8 Å². The second-order valence-corrected chi connectivity index (χ2v) is 10.1. The average Bonchev–Trinajstić information content (AvgIpc) is 3.05. The van der Waals surface area contributed by atoms with Crippen molar-refractivity contribution in [1.82, 2.24) is 9.55 Å². The fourth-order valence-corrected chi connectivity index (χ4v) is 5.26. The van der Waals surface area contributed by atoms with Crippen molar-refractivity contribution in [1.29, 1.82) is 0 Å². The summed E-state index contributed by atoms with van der Waals surface area (Å²) in [5.41, 5.74) is 5.82. The minimum Gasteiger partial charge on any atom is -0.324 e. The number of halogens is 1. The van der Waals surface area contributed by atoms with Gasteiger partial charge in [0.15, 0.2) is 0 Å². The second-order valence-electron chi connectivity index (χ2n) is 7.70. The largest absolute Gasteiger partial charge is 0.324 e. The van der Waals surface area contributed by atoms with Crippen LogP contribution < -0.4 is 10.9 Å². The molecule has 1 N–H and O–H groups in total. The van der Waals surface area contributed by atoms with Crippen LogP contribution in [0.4, 0.5) is 5.69 Å². The summed E-state index contributed by atoms with van der Waals surface area (Å²) in [4.78, 5) is 32.2. The van der Waals surface area contributed by atoms with Crippen molar-refractivity contribution in [2.75, 3.05) is 5.32 Å². The van der Waals surface area contributed by atoms with Gasteiger partial charge in [-0.25, -0.2) is 4.98 Å². The Kier molecular flexibility index (Phi) is 5.98. The highest BCUT2D eigenvalue weighted by Crippen LogP contribution is 2.36. The smallest absolute Gasteiger partial charge is 0.263 e. The van der Waals surface area contributed by atoms with Gasteiger partial charge in [-0.3, -0.25) is 14.2 Å². The van der Waals surface area contributed by atoms with E-state index in [1.807, 2.05) is 38.1 Å². The van der Waals surface area contributed by atoms with E-state index in [-0.39, 0.29) is 18.0 Å². The van der Waals surface area contributed by atoms with E-state index in [4.69, 9.17) is 0 Å². The molecule has 0 spiro atoms. The number of thiophene rings is 1. The minimum atomic E-state index is -0.257. The zero-order valence-corrected chi connectivity index (χ0v) is 20.7. The zero-order valence-electron chi connectivity index (χ0n) is 17.7. The SMILES string of the molecule is Cc1ccc(-c2c(C)sc3ncn(CC(=O)Nc4ccc(I)cc4C)c(=O)c23)cc1C. The molecule has 0 bridgehead atoms. The van der Waals surface area contributed by atoms with Gasteiger partial charge in [-0.2, -0.15) is 0 Å². The molecule has 31 heavy (non-hydrogen) atoms. The summed E-state index contributed by atoms with van der Waals surface area (Å²) in [5, 5.41) is 3.47. The predicted molar refractivity (Wildman–Crippen MR) is 136 cm³/mol. The molecule has 0 aliphatic heterocycles. The maximum Gasteiger partial charge on any atom is 0.263 e. The van der Waals surface area contributed by atoms with Gasteiger partial charge in [-0.05, 0) is 90.7 Å². The van der Waals surface area contributed by atoms with E-state index in [1.165, 1.54) is 33.4 Å². The van der Waals surface area contributed by atoms with Gasteiger partial charge in [0.1, 0.15) is 11.4 Å². The van der Waals surface area contributed by atoms with Crippen LogP contribution in [-0.2, 0) is 11.3 Å². The van der Waals surface area contributed by atoms with Crippen LogP contribution >= 0.6 is 33.9 Å². The third-order valence-electron chi connectivity index (χ3n) is 5.43. The zero-order chi connectivity index (χ0) is 22.3. The number of aromatic nitrogens is 2. The summed E-state index contributed by atoms with van der Waals surface area (Å²) in [6.45, 7) is 8.00. The molecule has 0 radical (unpaired) electrons. The van der Waals surface area contributed by atoms with Crippen molar-refractivity contribution in [3.05, 3.63) is 78.2 Å². The first-order valence-corrected chi connectivity index (χ1v) is 11.8. The number of anilines is 1. The number of nitrogens with zero attached hydrogens (tertiary/aromatic N) is 2. The summed E-state index contributed by atoms with van der Waals surface area (Å²) in [7, 11) is 0. The van der Waals surface area contributed by atoms with E-state index < -0.39 is 0 Å². The van der Waals surface area contributed by atoms with E-state index in [9.17, 15) is 9.59 Å². The Hall–Kier alpha value is -2.52. The topological polar surface area (TPSA) is 64.0 Å². The van der Waals surface area contributed by atoms with Gasteiger partial charge in [0.2, 0.25) is 5.91 Å². The van der Waals surface area contributed by atoms with Gasteiger partial charge in [-0.1, -0.05) is 18.2 Å². The van der Waals surface area contributed by atoms with Crippen molar-refractivity contribution in [3.63, 3.8) is 0 Å². The fourth-order valence-electron chi connectivity index (χ4n) is 3.61. The summed E-state index contributed by atoms with van der Waals surface area (Å²) in [6, 6.07) is 12.0. The van der Waals surface area contributed by atoms with Crippen LogP contribution in [0.15, 0.2) is 47.5 Å². The van der Waals surface area contributed by atoms with Gasteiger partial charge < -0.3 is 5.32 Å². The molecular formula is C24H22IN3O2S. The quantitative estimate of drug-likeness (QED) is 0.341. The number of benzene rings is 2. The lowest BCUT2D eigenvalue weighted by molar-refractivity contribution is -0.116. The molecule has 2 aromatic carbocycles. The molecule has 0 saturated heterocycles. The molecule has 5 nitrogen and oxygen atoms in total. The third kappa shape index (κ3) is 4.29. The summed E-state index contributed by atoms with van der Waals surface area (Å²) < 4.78 is 2.49. The maximum atomic E-state index is 13.3. The van der Waals surface area contributed by atoms with Crippen molar-refractivity contribution < 1.29 is 4.79 Å². The molecule has 0 unspecified atom stereocenters. The number of hydrogen-bond acceptors (Lipinski definition) is 4. The van der Waals surface area contributed by atoms with E-state index in [1.54, 1.807) is 0 Å². The molecule has 158 valence electrons. The van der Waals surface area contributed by atoms with Crippen molar-refractivity contribution in [3.8, 4) is 11.1 Å². The van der Waals surface area contributed by atoms with E-state index in [2.05, 4.69) is 58.9 Å². The average molecular weight is 543 g/mol. The molecule has 0 fully saturated rings. The highest BCUT2D eigenvalue weighted by atomic mass is 127. The molecule has 0 aliphatic rings. The Morgan fingerprint density at radius 1 is 1.06 bits per heavy atom. The number of hydrogen-bond donors (Lipinski definition) is 1. The second kappa shape index (κ2) is 8.55. The Morgan fingerprint density at radius 2 is 1.84 bits per heavy atom. The van der Waals surface area contributed by atoms with Crippen LogP contribution in [0.1, 0.15) is 21.6 Å². The molecule has 4 rings (SSSR count). The highest BCUT2D eigenvalue weighted by Gasteiger charge is 2.18. The van der Waals surface area contributed by atoms with Crippen molar-refractivity contribution in [2.45, 2.75) is 34.2 Å². The lowest BCUT2D eigenvalue weighted by atomic mass is 9.99. The summed E-state index contributed by atoms with van der Waals surface area (Å²) in [6.07, 6.45) is 1.46. The molecule has 2 aromatic heterocycles. The number of amides is 1. The number of nitrogens with one attached hydrogen (secondary N) is 1. The number of fused-ring (bicyclic) bond motifs is 1. The molecule has 7 heteroatoms. The van der Waals surface area contributed by atoms with E-state index in [0.29, 0.717) is 10.2 Å². The van der Waals surface area contributed by atoms with E-state index >= 15 is 0 Å². The van der Waals surface area contributed by atoms with Gasteiger partial charge in [-0.15, -0.1) is 11.3 Å². The van der Waals surface area contributed by atoms with Crippen LogP contribution in [0.3, 0.4) is 0 Å². The number of carbonyl (C=O) groups excluding carboxylic acids is 1. The fraction of sp³-hybridized carbons (Fsp3) is 0.208. The lowest BCUT2D eigenvalue weighted by Crippen LogP contribution is -2.28. The Bertz CT molecular complexity index is 1390. The van der Waals surface area contributed by atoms with Crippen molar-refractivity contribution in [2.24, 2.45) is 0 Å². The first kappa shape index (κ1) is 21.7. The van der Waals surface area contributed by atoms with Crippen molar-refractivity contribution >= 4 is 55.7 Å². The normalized spacial score (nSPS) is 11.1. The number of rotatable bonds is 4. The lowest BCUT2D eigenvalue weighted by Gasteiger charge is -2.10. The van der Waals surface area contributed by atoms with Crippen LogP contribution in [0, 0.1) is 31.3 Å². The minimum absolute atomic E-state index is 0.0888. The van der Waals surface area contributed by atoms with Gasteiger partial charge in [0.25, 0.3) is 5.56 Å². The first-order chi connectivity index (χ1) is 14.7. The van der Waals surface area contributed by atoms with Crippen LogP contribution in [0.2, 0.25) is 0 Å². The predicted octanol–water partition coefficient (Wildman–Crippen LogP) is 5.60. The summed E-state index contributed by atoms with van der Waals surface area (Å²) in [5.74, 6) is -0.257. The van der Waals surface area contributed by atoms with Gasteiger partial charge in [0.05, 0.1) is 11.7 Å². The molecule has 2 heterocycles. The Labute approximate surface area is 198 Å². The first-order valence-electron chi connectivity index (χ1n) is 9.86. The molecule has 0 aliphatic carbocycles. The Morgan fingerprint density at radius 3 is 2.55 bits per heavy atom. The molecule has 0 saturated carbocycles. The maximum absolute atomic E-state index is 13.3. The van der Waals surface area contributed by atoms with Crippen LogP contribution in [0.5, 0.6) is 0 Å². The number of aryl methyl sites for hydroxylation is 4. The highest BCUT2D eigenvalue weighted by molar-refractivity contribution is 14.1. The molecule has 1 amide bonds.